The Balaban J connectivity index is 1.64. The summed E-state index contributed by atoms with van der Waals surface area (Å²) in [5.74, 6) is -0.618. The van der Waals surface area contributed by atoms with Gasteiger partial charge in [0.15, 0.2) is 5.79 Å². The molecule has 1 aromatic rings. The van der Waals surface area contributed by atoms with Gasteiger partial charge in [-0.3, -0.25) is 4.79 Å². The molecule has 2 fully saturated rings. The van der Waals surface area contributed by atoms with Crippen molar-refractivity contribution in [2.45, 2.75) is 49.8 Å². The van der Waals surface area contributed by atoms with E-state index < -0.39 is 15.8 Å². The number of amides is 1. The van der Waals surface area contributed by atoms with Gasteiger partial charge in [0, 0.05) is 37.5 Å². The van der Waals surface area contributed by atoms with Crippen LogP contribution in [0.1, 0.15) is 43.5 Å². The maximum atomic E-state index is 12.7. The number of rotatable bonds is 5. The van der Waals surface area contributed by atoms with Gasteiger partial charge in [0.2, 0.25) is 10.0 Å². The zero-order valence-electron chi connectivity index (χ0n) is 15.2. The summed E-state index contributed by atoms with van der Waals surface area (Å²) in [5, 5.41) is 0. The number of nitrogens with one attached hydrogen (secondary N) is 1. The van der Waals surface area contributed by atoms with Crippen LogP contribution in [0.2, 0.25) is 0 Å². The highest BCUT2D eigenvalue weighted by molar-refractivity contribution is 7.89. The molecule has 26 heavy (non-hydrogen) atoms. The molecular weight excluding hydrogens is 356 g/mol. The van der Waals surface area contributed by atoms with Crippen LogP contribution in [-0.4, -0.2) is 57.4 Å². The first-order valence-corrected chi connectivity index (χ1v) is 10.5. The largest absolute Gasteiger partial charge is 0.347 e. The summed E-state index contributed by atoms with van der Waals surface area (Å²) in [6.07, 6.45) is 2.02. The summed E-state index contributed by atoms with van der Waals surface area (Å²) in [7, 11) is -3.56. The first-order chi connectivity index (χ1) is 12.4. The average Bonchev–Trinajstić information content (AvgIpc) is 3.09. The minimum Gasteiger partial charge on any atom is -0.347 e. The predicted molar refractivity (Wildman–Crippen MR) is 96.3 cm³/mol. The van der Waals surface area contributed by atoms with Gasteiger partial charge in [-0.2, -0.15) is 0 Å². The number of likely N-dealkylation sites (tertiary alicyclic amines) is 1. The Hall–Kier alpha value is -1.48. The number of hydrogen-bond donors (Lipinski definition) is 1. The molecule has 1 atom stereocenters. The van der Waals surface area contributed by atoms with Crippen LogP contribution >= 0.6 is 0 Å². The summed E-state index contributed by atoms with van der Waals surface area (Å²) >= 11 is 0. The second-order valence-corrected chi connectivity index (χ2v) is 8.57. The van der Waals surface area contributed by atoms with E-state index in [1.807, 2.05) is 13.8 Å². The van der Waals surface area contributed by atoms with Crippen molar-refractivity contribution < 1.29 is 22.7 Å². The Morgan fingerprint density at radius 1 is 1.19 bits per heavy atom. The summed E-state index contributed by atoms with van der Waals surface area (Å²) in [4.78, 5) is 14.6. The van der Waals surface area contributed by atoms with E-state index in [1.54, 1.807) is 17.0 Å². The minimum atomic E-state index is -3.56. The summed E-state index contributed by atoms with van der Waals surface area (Å²) < 4.78 is 38.5. The zero-order valence-corrected chi connectivity index (χ0v) is 16.0. The van der Waals surface area contributed by atoms with Gasteiger partial charge in [0.25, 0.3) is 5.91 Å². The molecule has 1 N–H and O–H groups in total. The molecule has 0 bridgehead atoms. The quantitative estimate of drug-likeness (QED) is 0.839. The molecule has 0 aromatic heterocycles. The Bertz CT molecular complexity index is 731. The number of sulfonamides is 1. The van der Waals surface area contributed by atoms with Crippen molar-refractivity contribution in [3.8, 4) is 0 Å². The molecule has 1 unspecified atom stereocenters. The first-order valence-electron chi connectivity index (χ1n) is 9.05. The molecular formula is C18H26N2O5S. The van der Waals surface area contributed by atoms with E-state index in [0.29, 0.717) is 51.1 Å². The topological polar surface area (TPSA) is 84.9 Å². The predicted octanol–water partition coefficient (Wildman–Crippen LogP) is 1.74. The Kier molecular flexibility index (Phi) is 5.67. The molecule has 2 aliphatic rings. The average molecular weight is 382 g/mol. The number of nitrogens with zero attached hydrogens (tertiary/aromatic N) is 1. The third-order valence-electron chi connectivity index (χ3n) is 5.01. The van der Waals surface area contributed by atoms with Crippen LogP contribution in [0.5, 0.6) is 0 Å². The molecule has 1 amide bonds. The Labute approximate surface area is 154 Å². The maximum Gasteiger partial charge on any atom is 0.253 e. The van der Waals surface area contributed by atoms with Crippen molar-refractivity contribution in [1.29, 1.82) is 0 Å². The molecule has 2 heterocycles. The van der Waals surface area contributed by atoms with Gasteiger partial charge in [-0.05, 0) is 37.6 Å². The minimum absolute atomic E-state index is 0.100. The molecule has 1 spiro atoms. The third kappa shape index (κ3) is 4.09. The van der Waals surface area contributed by atoms with Crippen molar-refractivity contribution in [3.63, 3.8) is 0 Å². The van der Waals surface area contributed by atoms with E-state index >= 15 is 0 Å². The lowest BCUT2D eigenvalue weighted by molar-refractivity contribution is -0.181. The highest BCUT2D eigenvalue weighted by Crippen LogP contribution is 2.31. The van der Waals surface area contributed by atoms with Crippen LogP contribution < -0.4 is 4.72 Å². The van der Waals surface area contributed by atoms with Crippen LogP contribution in [0.15, 0.2) is 29.2 Å². The van der Waals surface area contributed by atoms with E-state index in [9.17, 15) is 13.2 Å². The van der Waals surface area contributed by atoms with Crippen LogP contribution in [-0.2, 0) is 19.5 Å². The molecule has 0 saturated carbocycles. The van der Waals surface area contributed by atoms with Crippen molar-refractivity contribution >= 4 is 15.9 Å². The Morgan fingerprint density at radius 3 is 2.31 bits per heavy atom. The molecule has 2 aliphatic heterocycles. The number of carbonyl (C=O) groups excluding carboxylic acids is 1. The van der Waals surface area contributed by atoms with E-state index in [2.05, 4.69) is 4.72 Å². The van der Waals surface area contributed by atoms with E-state index in [1.165, 1.54) is 12.1 Å². The second kappa shape index (κ2) is 7.64. The molecule has 3 rings (SSSR count). The summed E-state index contributed by atoms with van der Waals surface area (Å²) in [6, 6.07) is 5.96. The number of piperidine rings is 1. The standard InChI is InChI=1S/C18H26N2O5S/c1-3-14(2)19-26(22,23)16-6-4-15(5-7-16)17(21)20-10-8-18(9-11-20)24-12-13-25-18/h4-7,14,19H,3,8-13H2,1-2H3. The van der Waals surface area contributed by atoms with Crippen molar-refractivity contribution in [2.24, 2.45) is 0 Å². The molecule has 144 valence electrons. The Morgan fingerprint density at radius 2 is 1.77 bits per heavy atom. The van der Waals surface area contributed by atoms with E-state index in [-0.39, 0.29) is 16.8 Å². The smallest absolute Gasteiger partial charge is 0.253 e. The lowest BCUT2D eigenvalue weighted by Gasteiger charge is -2.37. The van der Waals surface area contributed by atoms with Gasteiger partial charge in [0.1, 0.15) is 0 Å². The second-order valence-electron chi connectivity index (χ2n) is 6.85. The summed E-state index contributed by atoms with van der Waals surface area (Å²) in [5.41, 5.74) is 0.483. The number of carbonyl (C=O) groups is 1. The van der Waals surface area contributed by atoms with Crippen LogP contribution in [0.3, 0.4) is 0 Å². The van der Waals surface area contributed by atoms with Gasteiger partial charge < -0.3 is 14.4 Å². The highest BCUT2D eigenvalue weighted by atomic mass is 32.2. The normalized spacial score (nSPS) is 21.1. The molecule has 0 radical (unpaired) electrons. The fourth-order valence-electron chi connectivity index (χ4n) is 3.21. The highest BCUT2D eigenvalue weighted by Gasteiger charge is 2.40. The molecule has 8 heteroatoms. The fraction of sp³-hybridized carbons (Fsp3) is 0.611. The SMILES string of the molecule is CCC(C)NS(=O)(=O)c1ccc(C(=O)N2CCC3(CC2)OCCO3)cc1. The first kappa shape index (κ1) is 19.3. The van der Waals surface area contributed by atoms with E-state index in [4.69, 9.17) is 9.47 Å². The monoisotopic (exact) mass is 382 g/mol. The molecule has 1 aromatic carbocycles. The molecule has 7 nitrogen and oxygen atoms in total. The lowest BCUT2D eigenvalue weighted by Crippen LogP contribution is -2.47. The zero-order chi connectivity index (χ0) is 18.8. The number of hydrogen-bond acceptors (Lipinski definition) is 5. The van der Waals surface area contributed by atoms with Gasteiger partial charge in [-0.25, -0.2) is 13.1 Å². The number of ether oxygens (including phenoxy) is 2. The van der Waals surface area contributed by atoms with Gasteiger partial charge in [-0.1, -0.05) is 6.92 Å². The van der Waals surface area contributed by atoms with E-state index in [0.717, 1.165) is 0 Å². The molecule has 2 saturated heterocycles. The van der Waals surface area contributed by atoms with Gasteiger partial charge in [-0.15, -0.1) is 0 Å². The van der Waals surface area contributed by atoms with Crippen LogP contribution in [0.25, 0.3) is 0 Å². The van der Waals surface area contributed by atoms with Gasteiger partial charge >= 0.3 is 0 Å². The van der Waals surface area contributed by atoms with Gasteiger partial charge in [0.05, 0.1) is 18.1 Å². The summed E-state index contributed by atoms with van der Waals surface area (Å²) in [6.45, 7) is 6.07. The fourth-order valence-corrected chi connectivity index (χ4v) is 4.54. The van der Waals surface area contributed by atoms with Crippen LogP contribution in [0, 0.1) is 0 Å². The molecule has 0 aliphatic carbocycles. The third-order valence-corrected chi connectivity index (χ3v) is 6.61. The number of benzene rings is 1. The van der Waals surface area contributed by atoms with Crippen molar-refractivity contribution in [1.82, 2.24) is 9.62 Å². The lowest BCUT2D eigenvalue weighted by atomic mass is 10.0. The maximum absolute atomic E-state index is 12.7. The van der Waals surface area contributed by atoms with Crippen molar-refractivity contribution in [2.75, 3.05) is 26.3 Å². The van der Waals surface area contributed by atoms with Crippen LogP contribution in [0.4, 0.5) is 0 Å². The van der Waals surface area contributed by atoms with Crippen molar-refractivity contribution in [3.05, 3.63) is 29.8 Å².